The first-order valence-electron chi connectivity index (χ1n) is 8.10. The zero-order valence-electron chi connectivity index (χ0n) is 14.4. The molecule has 3 rings (SSSR count). The highest BCUT2D eigenvalue weighted by atomic mass is 35.5. The molecule has 0 saturated heterocycles. The summed E-state index contributed by atoms with van der Waals surface area (Å²) in [6, 6.07) is 9.95. The lowest BCUT2D eigenvalue weighted by Gasteiger charge is -2.15. The number of phenols is 1. The molecule has 0 atom stereocenters. The van der Waals surface area contributed by atoms with Crippen LogP contribution in [0, 0.1) is 0 Å². The first-order valence-corrected chi connectivity index (χ1v) is 8.10. The number of hydrogen-bond acceptors (Lipinski definition) is 5. The average Bonchev–Trinajstić information content (AvgIpc) is 2.63. The highest BCUT2D eigenvalue weighted by Crippen LogP contribution is 2.38. The number of rotatable bonds is 5. The van der Waals surface area contributed by atoms with Crippen LogP contribution in [0.5, 0.6) is 5.75 Å². The van der Waals surface area contributed by atoms with Gasteiger partial charge in [0.2, 0.25) is 11.2 Å². The predicted molar refractivity (Wildman–Crippen MR) is 101 cm³/mol. The van der Waals surface area contributed by atoms with Gasteiger partial charge < -0.3 is 19.9 Å². The zero-order valence-corrected chi connectivity index (χ0v) is 15.2. The third kappa shape index (κ3) is 4.14. The van der Waals surface area contributed by atoms with E-state index >= 15 is 0 Å². The van der Waals surface area contributed by atoms with E-state index in [-0.39, 0.29) is 59.9 Å². The number of nitrogens with one attached hydrogen (secondary N) is 1. The van der Waals surface area contributed by atoms with Crippen molar-refractivity contribution in [2.24, 2.45) is 0 Å². The van der Waals surface area contributed by atoms with E-state index in [1.807, 2.05) is 0 Å². The van der Waals surface area contributed by atoms with Gasteiger partial charge in [-0.15, -0.1) is 12.4 Å². The summed E-state index contributed by atoms with van der Waals surface area (Å²) in [6.45, 7) is -0.107. The summed E-state index contributed by atoms with van der Waals surface area (Å²) < 4.78 is 46.1. The largest absolute Gasteiger partial charge is 0.507 e. The number of fused-ring (bicyclic) bond motifs is 1. The minimum atomic E-state index is -4.90. The number of alkyl halides is 3. The Morgan fingerprint density at radius 3 is 2.36 bits per heavy atom. The fourth-order valence-corrected chi connectivity index (χ4v) is 2.83. The standard InChI is InChI=1S/C19H16F3NO4.ClH/c20-19(21,22)18-15(11-4-2-1-3-5-11)16(26)12-6-7-14(25)13(17(12)27-18)10-23-8-9-24;/h1-7,23-25H,8-10H2;1H. The Morgan fingerprint density at radius 2 is 1.75 bits per heavy atom. The predicted octanol–water partition coefficient (Wildman–Crippen LogP) is 3.69. The molecule has 1 aromatic heterocycles. The van der Waals surface area contributed by atoms with Gasteiger partial charge in [-0.1, -0.05) is 30.3 Å². The highest BCUT2D eigenvalue weighted by Gasteiger charge is 2.39. The van der Waals surface area contributed by atoms with Crippen LogP contribution >= 0.6 is 12.4 Å². The van der Waals surface area contributed by atoms with Crippen molar-refractivity contribution in [2.45, 2.75) is 12.7 Å². The average molecular weight is 416 g/mol. The topological polar surface area (TPSA) is 82.7 Å². The number of hydrogen-bond donors (Lipinski definition) is 3. The lowest BCUT2D eigenvalue weighted by atomic mass is 10.00. The van der Waals surface area contributed by atoms with Crippen molar-refractivity contribution in [3.05, 3.63) is 64.0 Å². The molecule has 28 heavy (non-hydrogen) atoms. The first-order chi connectivity index (χ1) is 12.8. The fraction of sp³-hybridized carbons (Fsp3) is 0.211. The first kappa shape index (κ1) is 21.7. The minimum absolute atomic E-state index is 0. The van der Waals surface area contributed by atoms with Gasteiger partial charge in [0.25, 0.3) is 0 Å². The Kier molecular flexibility index (Phi) is 6.71. The molecular formula is C19H17ClF3NO4. The fourth-order valence-electron chi connectivity index (χ4n) is 2.83. The lowest BCUT2D eigenvalue weighted by Crippen LogP contribution is -2.19. The van der Waals surface area contributed by atoms with Crippen LogP contribution in [0.1, 0.15) is 11.3 Å². The molecule has 0 aliphatic carbocycles. The minimum Gasteiger partial charge on any atom is -0.507 e. The van der Waals surface area contributed by atoms with Crippen molar-refractivity contribution in [2.75, 3.05) is 13.2 Å². The molecule has 0 unspecified atom stereocenters. The molecule has 0 bridgehead atoms. The smallest absolute Gasteiger partial charge is 0.450 e. The van der Waals surface area contributed by atoms with E-state index in [0.29, 0.717) is 0 Å². The second-order valence-corrected chi connectivity index (χ2v) is 5.84. The maximum absolute atomic E-state index is 13.6. The molecule has 150 valence electrons. The maximum atomic E-state index is 13.6. The van der Waals surface area contributed by atoms with Crippen molar-refractivity contribution in [1.82, 2.24) is 5.32 Å². The summed E-state index contributed by atoms with van der Waals surface area (Å²) >= 11 is 0. The Hall–Kier alpha value is -2.55. The molecule has 0 aliphatic heterocycles. The van der Waals surface area contributed by atoms with Crippen LogP contribution in [0.3, 0.4) is 0 Å². The number of aromatic hydroxyl groups is 1. The number of aliphatic hydroxyl groups is 1. The molecule has 0 radical (unpaired) electrons. The number of halogens is 4. The molecule has 3 N–H and O–H groups in total. The second-order valence-electron chi connectivity index (χ2n) is 5.84. The normalized spacial score (nSPS) is 11.4. The molecular weight excluding hydrogens is 399 g/mol. The monoisotopic (exact) mass is 415 g/mol. The van der Waals surface area contributed by atoms with Crippen LogP contribution in [0.2, 0.25) is 0 Å². The molecule has 5 nitrogen and oxygen atoms in total. The van der Waals surface area contributed by atoms with Crippen molar-refractivity contribution < 1.29 is 27.8 Å². The van der Waals surface area contributed by atoms with E-state index in [2.05, 4.69) is 5.32 Å². The summed E-state index contributed by atoms with van der Waals surface area (Å²) in [5.74, 6) is -1.73. The van der Waals surface area contributed by atoms with Crippen LogP contribution in [-0.4, -0.2) is 23.4 Å². The van der Waals surface area contributed by atoms with Gasteiger partial charge in [-0.25, -0.2) is 0 Å². The van der Waals surface area contributed by atoms with Gasteiger partial charge in [-0.05, 0) is 17.7 Å². The van der Waals surface area contributed by atoms with Gasteiger partial charge in [0, 0.05) is 13.1 Å². The number of phenolic OH excluding ortho intramolecular Hbond substituents is 1. The molecule has 0 saturated carbocycles. The van der Waals surface area contributed by atoms with Crippen LogP contribution in [0.25, 0.3) is 22.1 Å². The van der Waals surface area contributed by atoms with Crippen molar-refractivity contribution in [1.29, 1.82) is 0 Å². The van der Waals surface area contributed by atoms with Gasteiger partial charge in [0.15, 0.2) is 0 Å². The van der Waals surface area contributed by atoms with E-state index in [0.717, 1.165) is 0 Å². The van der Waals surface area contributed by atoms with Gasteiger partial charge in [-0.3, -0.25) is 4.79 Å². The van der Waals surface area contributed by atoms with E-state index < -0.39 is 22.9 Å². The molecule has 1 heterocycles. The Bertz CT molecular complexity index is 1020. The quantitative estimate of drug-likeness (QED) is 0.554. The Balaban J connectivity index is 0.00000280. The summed E-state index contributed by atoms with van der Waals surface area (Å²) in [4.78, 5) is 12.9. The lowest BCUT2D eigenvalue weighted by molar-refractivity contribution is -0.152. The third-order valence-corrected chi connectivity index (χ3v) is 4.05. The molecule has 0 spiro atoms. The van der Waals surface area contributed by atoms with Crippen LogP contribution < -0.4 is 10.7 Å². The number of benzene rings is 2. The molecule has 0 amide bonds. The summed E-state index contributed by atoms with van der Waals surface area (Å²) in [5, 5.41) is 21.6. The van der Waals surface area contributed by atoms with E-state index in [9.17, 15) is 23.1 Å². The summed E-state index contributed by atoms with van der Waals surface area (Å²) in [5.41, 5.74) is -1.64. The van der Waals surface area contributed by atoms with Crippen molar-refractivity contribution >= 4 is 23.4 Å². The van der Waals surface area contributed by atoms with Gasteiger partial charge in [0.1, 0.15) is 11.3 Å². The van der Waals surface area contributed by atoms with Crippen LogP contribution in [0.4, 0.5) is 13.2 Å². The SMILES string of the molecule is Cl.O=c1c(-c2ccccc2)c(C(F)(F)F)oc2c(CNCCO)c(O)ccc12. The summed E-state index contributed by atoms with van der Waals surface area (Å²) in [7, 11) is 0. The Labute approximate surface area is 163 Å². The van der Waals surface area contributed by atoms with E-state index in [1.165, 1.54) is 36.4 Å². The number of aliphatic hydroxyl groups excluding tert-OH is 1. The van der Waals surface area contributed by atoms with Gasteiger partial charge >= 0.3 is 6.18 Å². The highest BCUT2D eigenvalue weighted by molar-refractivity contribution is 5.86. The second kappa shape index (κ2) is 8.64. The van der Waals surface area contributed by atoms with Gasteiger partial charge in [-0.2, -0.15) is 13.2 Å². The summed E-state index contributed by atoms with van der Waals surface area (Å²) in [6.07, 6.45) is -4.90. The molecule has 3 aromatic rings. The molecule has 0 aliphatic rings. The maximum Gasteiger partial charge on any atom is 0.450 e. The van der Waals surface area contributed by atoms with E-state index in [1.54, 1.807) is 6.07 Å². The zero-order chi connectivity index (χ0) is 19.6. The molecule has 0 fully saturated rings. The van der Waals surface area contributed by atoms with Crippen LogP contribution in [-0.2, 0) is 12.7 Å². The Morgan fingerprint density at radius 1 is 1.07 bits per heavy atom. The molecule has 2 aromatic carbocycles. The van der Waals surface area contributed by atoms with Gasteiger partial charge in [0.05, 0.1) is 23.1 Å². The third-order valence-electron chi connectivity index (χ3n) is 4.05. The van der Waals surface area contributed by atoms with Crippen molar-refractivity contribution in [3.8, 4) is 16.9 Å². The van der Waals surface area contributed by atoms with E-state index in [4.69, 9.17) is 9.52 Å². The van der Waals surface area contributed by atoms with Crippen molar-refractivity contribution in [3.63, 3.8) is 0 Å². The molecule has 9 heteroatoms. The van der Waals surface area contributed by atoms with Crippen LogP contribution in [0.15, 0.2) is 51.7 Å².